The zero-order valence-electron chi connectivity index (χ0n) is 12.4. The van der Waals surface area contributed by atoms with Crippen molar-refractivity contribution >= 4 is 21.8 Å². The molecule has 0 spiro atoms. The van der Waals surface area contributed by atoms with Gasteiger partial charge in [-0.1, -0.05) is 52.3 Å². The average Bonchev–Trinajstić information content (AvgIpc) is 2.99. The first-order valence-corrected chi connectivity index (χ1v) is 7.84. The summed E-state index contributed by atoms with van der Waals surface area (Å²) in [5, 5.41) is 10.8. The molecule has 5 nitrogen and oxygen atoms in total. The van der Waals surface area contributed by atoms with E-state index in [1.54, 1.807) is 19.1 Å². The smallest absolute Gasteiger partial charge is 0.252 e. The summed E-state index contributed by atoms with van der Waals surface area (Å²) in [7, 11) is 0. The molecule has 3 aromatic rings. The maximum absolute atomic E-state index is 12.5. The molecule has 6 heteroatoms. The van der Waals surface area contributed by atoms with Crippen molar-refractivity contribution in [1.29, 1.82) is 0 Å². The van der Waals surface area contributed by atoms with Crippen molar-refractivity contribution in [2.45, 2.75) is 13.0 Å². The van der Waals surface area contributed by atoms with Gasteiger partial charge in [0.25, 0.3) is 5.91 Å². The summed E-state index contributed by atoms with van der Waals surface area (Å²) in [6.07, 6.45) is 0. The van der Waals surface area contributed by atoms with E-state index in [1.165, 1.54) is 0 Å². The molecule has 1 atom stereocenters. The number of rotatable bonds is 4. The zero-order valence-corrected chi connectivity index (χ0v) is 13.9. The SMILES string of the molecule is Cc1nnc(C(NC(=O)c2cccc(Br)c2)c2ccccc2)o1. The molecule has 0 fully saturated rings. The standard InChI is InChI=1S/C17H14BrN3O2/c1-11-20-21-17(23-11)15(12-6-3-2-4-7-12)19-16(22)13-8-5-9-14(18)10-13/h2-10,15H,1H3,(H,19,22). The Bertz CT molecular complexity index is 817. The lowest BCUT2D eigenvalue weighted by Crippen LogP contribution is -2.29. The molecule has 0 aliphatic carbocycles. The molecule has 2 aromatic carbocycles. The molecule has 0 aliphatic heterocycles. The third-order valence-corrected chi connectivity index (χ3v) is 3.78. The van der Waals surface area contributed by atoms with Crippen LogP contribution in [0.4, 0.5) is 0 Å². The quantitative estimate of drug-likeness (QED) is 0.759. The first kappa shape index (κ1) is 15.4. The van der Waals surface area contributed by atoms with Crippen molar-refractivity contribution in [2.24, 2.45) is 0 Å². The number of halogens is 1. The van der Waals surface area contributed by atoms with Gasteiger partial charge in [-0.25, -0.2) is 0 Å². The molecule has 0 radical (unpaired) electrons. The number of hydrogen-bond acceptors (Lipinski definition) is 4. The van der Waals surface area contributed by atoms with Gasteiger partial charge in [0.15, 0.2) is 0 Å². The highest BCUT2D eigenvalue weighted by Crippen LogP contribution is 2.22. The maximum atomic E-state index is 12.5. The summed E-state index contributed by atoms with van der Waals surface area (Å²) < 4.78 is 6.36. The van der Waals surface area contributed by atoms with Crippen LogP contribution in [0.2, 0.25) is 0 Å². The highest BCUT2D eigenvalue weighted by atomic mass is 79.9. The molecule has 23 heavy (non-hydrogen) atoms. The lowest BCUT2D eigenvalue weighted by atomic mass is 10.1. The molecule has 0 bridgehead atoms. The monoisotopic (exact) mass is 371 g/mol. The van der Waals surface area contributed by atoms with E-state index in [4.69, 9.17) is 4.42 Å². The minimum absolute atomic E-state index is 0.212. The van der Waals surface area contributed by atoms with Crippen LogP contribution in [0.3, 0.4) is 0 Å². The number of hydrogen-bond donors (Lipinski definition) is 1. The highest BCUT2D eigenvalue weighted by Gasteiger charge is 2.22. The Morgan fingerprint density at radius 1 is 1.13 bits per heavy atom. The van der Waals surface area contributed by atoms with Crippen molar-refractivity contribution in [3.05, 3.63) is 82.0 Å². The average molecular weight is 372 g/mol. The van der Waals surface area contributed by atoms with E-state index < -0.39 is 6.04 Å². The summed E-state index contributed by atoms with van der Waals surface area (Å²) in [5.41, 5.74) is 1.43. The minimum Gasteiger partial charge on any atom is -0.423 e. The Hall–Kier alpha value is -2.47. The highest BCUT2D eigenvalue weighted by molar-refractivity contribution is 9.10. The van der Waals surface area contributed by atoms with E-state index in [2.05, 4.69) is 31.4 Å². The Morgan fingerprint density at radius 3 is 2.57 bits per heavy atom. The molecule has 1 aromatic heterocycles. The van der Waals surface area contributed by atoms with Crippen LogP contribution in [-0.4, -0.2) is 16.1 Å². The van der Waals surface area contributed by atoms with Gasteiger partial charge in [0.05, 0.1) is 0 Å². The van der Waals surface area contributed by atoms with Gasteiger partial charge in [-0.05, 0) is 23.8 Å². The first-order chi connectivity index (χ1) is 11.1. The number of benzene rings is 2. The number of nitrogens with one attached hydrogen (secondary N) is 1. The molecule has 1 N–H and O–H groups in total. The predicted molar refractivity (Wildman–Crippen MR) is 88.9 cm³/mol. The first-order valence-electron chi connectivity index (χ1n) is 7.05. The van der Waals surface area contributed by atoms with Gasteiger partial charge in [0.2, 0.25) is 11.8 Å². The van der Waals surface area contributed by atoms with E-state index in [-0.39, 0.29) is 5.91 Å². The molecule has 1 unspecified atom stereocenters. The van der Waals surface area contributed by atoms with Gasteiger partial charge in [0.1, 0.15) is 6.04 Å². The Morgan fingerprint density at radius 2 is 1.91 bits per heavy atom. The number of carbonyl (C=O) groups excluding carboxylic acids is 1. The largest absolute Gasteiger partial charge is 0.423 e. The molecule has 1 heterocycles. The summed E-state index contributed by atoms with van der Waals surface area (Å²) in [6.45, 7) is 1.72. The van der Waals surface area contributed by atoms with E-state index >= 15 is 0 Å². The topological polar surface area (TPSA) is 68.0 Å². The van der Waals surface area contributed by atoms with Crippen LogP contribution in [0.25, 0.3) is 0 Å². The molecule has 116 valence electrons. The lowest BCUT2D eigenvalue weighted by Gasteiger charge is -2.15. The second kappa shape index (κ2) is 6.75. The molecule has 3 rings (SSSR count). The van der Waals surface area contributed by atoms with Crippen LogP contribution in [0.5, 0.6) is 0 Å². The van der Waals surface area contributed by atoms with Gasteiger partial charge in [-0.15, -0.1) is 10.2 Å². The van der Waals surface area contributed by atoms with E-state index in [9.17, 15) is 4.79 Å². The van der Waals surface area contributed by atoms with Crippen LogP contribution < -0.4 is 5.32 Å². The Kier molecular flexibility index (Phi) is 4.52. The predicted octanol–water partition coefficient (Wildman–Crippen LogP) is 3.66. The third kappa shape index (κ3) is 3.65. The summed E-state index contributed by atoms with van der Waals surface area (Å²) in [6, 6.07) is 16.2. The second-order valence-corrected chi connectivity index (χ2v) is 5.90. The minimum atomic E-state index is -0.496. The molecule has 1 amide bonds. The number of carbonyl (C=O) groups is 1. The van der Waals surface area contributed by atoms with Crippen LogP contribution in [0.15, 0.2) is 63.5 Å². The third-order valence-electron chi connectivity index (χ3n) is 3.28. The molecule has 0 saturated heterocycles. The van der Waals surface area contributed by atoms with Gasteiger partial charge in [-0.3, -0.25) is 4.79 Å². The van der Waals surface area contributed by atoms with Crippen molar-refractivity contribution in [3.63, 3.8) is 0 Å². The zero-order chi connectivity index (χ0) is 16.2. The van der Waals surface area contributed by atoms with Crippen molar-refractivity contribution < 1.29 is 9.21 Å². The van der Waals surface area contributed by atoms with Crippen LogP contribution in [-0.2, 0) is 0 Å². The lowest BCUT2D eigenvalue weighted by molar-refractivity contribution is 0.0937. The van der Waals surface area contributed by atoms with Crippen molar-refractivity contribution in [1.82, 2.24) is 15.5 Å². The van der Waals surface area contributed by atoms with E-state index in [1.807, 2.05) is 42.5 Å². The van der Waals surface area contributed by atoms with Crippen LogP contribution in [0, 0.1) is 6.92 Å². The molecule has 0 aliphatic rings. The number of aromatic nitrogens is 2. The molecular weight excluding hydrogens is 358 g/mol. The van der Waals surface area contributed by atoms with Crippen molar-refractivity contribution in [3.8, 4) is 0 Å². The van der Waals surface area contributed by atoms with Gasteiger partial charge < -0.3 is 9.73 Å². The fraction of sp³-hybridized carbons (Fsp3) is 0.118. The van der Waals surface area contributed by atoms with E-state index in [0.717, 1.165) is 10.0 Å². The maximum Gasteiger partial charge on any atom is 0.252 e. The fourth-order valence-electron chi connectivity index (χ4n) is 2.21. The number of aryl methyl sites for hydroxylation is 1. The number of amides is 1. The Labute approximate surface area is 141 Å². The second-order valence-electron chi connectivity index (χ2n) is 4.99. The number of nitrogens with zero attached hydrogens (tertiary/aromatic N) is 2. The van der Waals surface area contributed by atoms with Crippen LogP contribution in [0.1, 0.15) is 33.7 Å². The summed E-state index contributed by atoms with van der Waals surface area (Å²) >= 11 is 3.37. The van der Waals surface area contributed by atoms with E-state index in [0.29, 0.717) is 17.3 Å². The normalized spacial score (nSPS) is 11.9. The summed E-state index contributed by atoms with van der Waals surface area (Å²) in [5.74, 6) is 0.602. The van der Waals surface area contributed by atoms with Gasteiger partial charge in [-0.2, -0.15) is 0 Å². The van der Waals surface area contributed by atoms with Gasteiger partial charge in [0, 0.05) is 17.0 Å². The van der Waals surface area contributed by atoms with Crippen molar-refractivity contribution in [2.75, 3.05) is 0 Å². The molecular formula is C17H14BrN3O2. The van der Waals surface area contributed by atoms with Gasteiger partial charge >= 0.3 is 0 Å². The fourth-order valence-corrected chi connectivity index (χ4v) is 2.61. The van der Waals surface area contributed by atoms with Crippen LogP contribution >= 0.6 is 15.9 Å². The Balaban J connectivity index is 1.92. The summed E-state index contributed by atoms with van der Waals surface area (Å²) in [4.78, 5) is 12.5. The molecule has 0 saturated carbocycles.